The van der Waals surface area contributed by atoms with Gasteiger partial charge in [-0.2, -0.15) is 0 Å². The molecule has 0 atom stereocenters. The molecule has 0 aromatic heterocycles. The number of carbonyl (C=O) groups is 1. The van der Waals surface area contributed by atoms with Gasteiger partial charge in [0.2, 0.25) is 0 Å². The van der Waals surface area contributed by atoms with E-state index in [2.05, 4.69) is 22.6 Å². The second kappa shape index (κ2) is 9.74. The van der Waals surface area contributed by atoms with Gasteiger partial charge >= 0.3 is 6.09 Å². The van der Waals surface area contributed by atoms with E-state index in [4.69, 9.17) is 9.47 Å². The van der Waals surface area contributed by atoms with Crippen molar-refractivity contribution >= 4 is 6.09 Å². The molecule has 1 saturated carbocycles. The molecule has 0 aromatic rings. The van der Waals surface area contributed by atoms with Crippen LogP contribution in [0.1, 0.15) is 59.3 Å². The highest BCUT2D eigenvalue weighted by atomic mass is 16.6. The number of carbonyl (C=O) groups excluding carboxylic acids is 1. The number of piperidine rings is 1. The van der Waals surface area contributed by atoms with Crippen LogP contribution in [0.25, 0.3) is 0 Å². The molecule has 1 saturated heterocycles. The van der Waals surface area contributed by atoms with Gasteiger partial charge in [-0.1, -0.05) is 0 Å². The van der Waals surface area contributed by atoms with Gasteiger partial charge in [0, 0.05) is 18.6 Å². The smallest absolute Gasteiger partial charge is 0.407 e. The minimum Gasteiger partial charge on any atom is -0.444 e. The first-order valence-electron chi connectivity index (χ1n) is 9.85. The zero-order valence-corrected chi connectivity index (χ0v) is 16.5. The summed E-state index contributed by atoms with van der Waals surface area (Å²) in [6.07, 6.45) is 6.44. The normalized spacial score (nSPS) is 26.4. The maximum atomic E-state index is 11.8. The topological polar surface area (TPSA) is 62.8 Å². The molecule has 0 aromatic carbocycles. The predicted molar refractivity (Wildman–Crippen MR) is 99.9 cm³/mol. The van der Waals surface area contributed by atoms with Crippen LogP contribution in [0.2, 0.25) is 0 Å². The lowest BCUT2D eigenvalue weighted by Crippen LogP contribution is -2.43. The summed E-state index contributed by atoms with van der Waals surface area (Å²) in [5, 5.41) is 6.59. The molecule has 0 bridgehead atoms. The Bertz CT molecular complexity index is 395. The number of nitrogens with zero attached hydrogens (tertiary/aromatic N) is 1. The third-order valence-electron chi connectivity index (χ3n) is 5.00. The fourth-order valence-electron chi connectivity index (χ4n) is 3.55. The van der Waals surface area contributed by atoms with Crippen molar-refractivity contribution in [3.8, 4) is 0 Å². The third kappa shape index (κ3) is 8.38. The molecule has 25 heavy (non-hydrogen) atoms. The molecular formula is C19H37N3O3. The zero-order chi connectivity index (χ0) is 18.3. The maximum Gasteiger partial charge on any atom is 0.407 e. The van der Waals surface area contributed by atoms with Gasteiger partial charge in [0.1, 0.15) is 5.60 Å². The lowest BCUT2D eigenvalue weighted by Gasteiger charge is -2.31. The molecule has 6 nitrogen and oxygen atoms in total. The number of hydrogen-bond donors (Lipinski definition) is 2. The number of alkyl carbamates (subject to hydrolysis) is 1. The number of ether oxygens (including phenoxy) is 2. The highest BCUT2D eigenvalue weighted by Crippen LogP contribution is 2.21. The SMILES string of the molecule is CN1CCC(NCCOC2CCC(NC(=O)OC(C)(C)C)CC2)CC1. The first-order chi connectivity index (χ1) is 11.8. The van der Waals surface area contributed by atoms with Crippen LogP contribution < -0.4 is 10.6 Å². The van der Waals surface area contributed by atoms with Crippen molar-refractivity contribution in [3.05, 3.63) is 0 Å². The second-order valence-electron chi connectivity index (χ2n) is 8.52. The Morgan fingerprint density at radius 2 is 1.68 bits per heavy atom. The number of hydrogen-bond acceptors (Lipinski definition) is 5. The average Bonchev–Trinajstić information content (AvgIpc) is 2.53. The Labute approximate surface area is 153 Å². The Hall–Kier alpha value is -0.850. The van der Waals surface area contributed by atoms with Gasteiger partial charge < -0.3 is 25.0 Å². The molecule has 1 aliphatic carbocycles. The molecule has 146 valence electrons. The van der Waals surface area contributed by atoms with Crippen molar-refractivity contribution in [1.82, 2.24) is 15.5 Å². The summed E-state index contributed by atoms with van der Waals surface area (Å²) in [5.74, 6) is 0. The molecule has 1 aliphatic heterocycles. The molecular weight excluding hydrogens is 318 g/mol. The lowest BCUT2D eigenvalue weighted by atomic mass is 9.93. The molecule has 0 spiro atoms. The van der Waals surface area contributed by atoms with Crippen LogP contribution in [0.5, 0.6) is 0 Å². The standard InChI is InChI=1S/C19H37N3O3/c1-19(2,3)25-18(23)21-16-5-7-17(8-6-16)24-14-11-20-15-9-12-22(4)13-10-15/h15-17,20H,5-14H2,1-4H3,(H,21,23). The monoisotopic (exact) mass is 355 g/mol. The second-order valence-corrected chi connectivity index (χ2v) is 8.52. The van der Waals surface area contributed by atoms with Gasteiger partial charge in [-0.05, 0) is 79.4 Å². The Morgan fingerprint density at radius 3 is 2.28 bits per heavy atom. The largest absolute Gasteiger partial charge is 0.444 e. The lowest BCUT2D eigenvalue weighted by molar-refractivity contribution is 0.0182. The number of likely N-dealkylation sites (tertiary alicyclic amines) is 1. The summed E-state index contributed by atoms with van der Waals surface area (Å²) in [6, 6.07) is 0.862. The van der Waals surface area contributed by atoms with Crippen LogP contribution in [-0.2, 0) is 9.47 Å². The molecule has 0 radical (unpaired) electrons. The summed E-state index contributed by atoms with van der Waals surface area (Å²) in [4.78, 5) is 14.2. The van der Waals surface area contributed by atoms with E-state index in [1.54, 1.807) is 0 Å². The highest BCUT2D eigenvalue weighted by molar-refractivity contribution is 5.68. The number of rotatable bonds is 6. The fraction of sp³-hybridized carbons (Fsp3) is 0.947. The van der Waals surface area contributed by atoms with E-state index < -0.39 is 5.60 Å². The van der Waals surface area contributed by atoms with Crippen molar-refractivity contribution < 1.29 is 14.3 Å². The summed E-state index contributed by atoms with van der Waals surface area (Å²) in [6.45, 7) is 9.75. The van der Waals surface area contributed by atoms with Crippen molar-refractivity contribution in [2.75, 3.05) is 33.3 Å². The molecule has 2 fully saturated rings. The summed E-state index contributed by atoms with van der Waals surface area (Å²) in [7, 11) is 2.19. The van der Waals surface area contributed by atoms with Crippen molar-refractivity contribution in [2.45, 2.75) is 83.1 Å². The van der Waals surface area contributed by atoms with E-state index in [9.17, 15) is 4.79 Å². The van der Waals surface area contributed by atoms with E-state index in [0.717, 1.165) is 38.8 Å². The third-order valence-corrected chi connectivity index (χ3v) is 5.00. The molecule has 2 rings (SSSR count). The van der Waals surface area contributed by atoms with E-state index in [1.165, 1.54) is 25.9 Å². The van der Waals surface area contributed by atoms with Gasteiger partial charge in [-0.15, -0.1) is 0 Å². The first-order valence-corrected chi connectivity index (χ1v) is 9.85. The summed E-state index contributed by atoms with van der Waals surface area (Å²) in [5.41, 5.74) is -0.439. The minimum atomic E-state index is -0.439. The number of amides is 1. The summed E-state index contributed by atoms with van der Waals surface area (Å²) >= 11 is 0. The van der Waals surface area contributed by atoms with Crippen LogP contribution in [0, 0.1) is 0 Å². The molecule has 0 unspecified atom stereocenters. The quantitative estimate of drug-likeness (QED) is 0.717. The van der Waals surface area contributed by atoms with Crippen LogP contribution in [0.15, 0.2) is 0 Å². The molecule has 2 aliphatic rings. The molecule has 1 heterocycles. The molecule has 6 heteroatoms. The van der Waals surface area contributed by atoms with Crippen LogP contribution in [0.4, 0.5) is 4.79 Å². The predicted octanol–water partition coefficient (Wildman–Crippen LogP) is 2.52. The fourth-order valence-corrected chi connectivity index (χ4v) is 3.55. The van der Waals surface area contributed by atoms with Gasteiger partial charge in [-0.3, -0.25) is 0 Å². The van der Waals surface area contributed by atoms with Crippen molar-refractivity contribution in [2.24, 2.45) is 0 Å². The van der Waals surface area contributed by atoms with E-state index >= 15 is 0 Å². The van der Waals surface area contributed by atoms with Crippen molar-refractivity contribution in [1.29, 1.82) is 0 Å². The van der Waals surface area contributed by atoms with Crippen LogP contribution in [0.3, 0.4) is 0 Å². The maximum absolute atomic E-state index is 11.8. The van der Waals surface area contributed by atoms with Gasteiger partial charge in [0.05, 0.1) is 12.7 Å². The van der Waals surface area contributed by atoms with Gasteiger partial charge in [-0.25, -0.2) is 4.79 Å². The Balaban J connectivity index is 1.51. The van der Waals surface area contributed by atoms with Crippen LogP contribution >= 0.6 is 0 Å². The Kier molecular flexibility index (Phi) is 7.97. The molecule has 1 amide bonds. The Morgan fingerprint density at radius 1 is 1.04 bits per heavy atom. The van der Waals surface area contributed by atoms with Crippen molar-refractivity contribution in [3.63, 3.8) is 0 Å². The molecule has 2 N–H and O–H groups in total. The van der Waals surface area contributed by atoms with E-state index in [0.29, 0.717) is 12.1 Å². The van der Waals surface area contributed by atoms with Gasteiger partial charge in [0.15, 0.2) is 0 Å². The highest BCUT2D eigenvalue weighted by Gasteiger charge is 2.25. The number of nitrogens with one attached hydrogen (secondary N) is 2. The van der Waals surface area contributed by atoms with E-state index in [1.807, 2.05) is 20.8 Å². The average molecular weight is 356 g/mol. The minimum absolute atomic E-state index is 0.215. The van der Waals surface area contributed by atoms with Crippen LogP contribution in [-0.4, -0.2) is 68.1 Å². The first kappa shape index (κ1) is 20.5. The van der Waals surface area contributed by atoms with Gasteiger partial charge in [0.25, 0.3) is 0 Å². The zero-order valence-electron chi connectivity index (χ0n) is 16.5. The summed E-state index contributed by atoms with van der Waals surface area (Å²) < 4.78 is 11.3. The van der Waals surface area contributed by atoms with E-state index in [-0.39, 0.29) is 12.1 Å².